The Bertz CT molecular complexity index is 428. The maximum absolute atomic E-state index is 13.6. The number of alkyl halides is 1. The minimum atomic E-state index is -0.593. The Morgan fingerprint density at radius 3 is 2.84 bits per heavy atom. The van der Waals surface area contributed by atoms with Gasteiger partial charge in [-0.25, -0.2) is 4.39 Å². The van der Waals surface area contributed by atoms with Crippen molar-refractivity contribution >= 4 is 21.8 Å². The van der Waals surface area contributed by atoms with Gasteiger partial charge in [0.05, 0.1) is 13.7 Å². The van der Waals surface area contributed by atoms with E-state index < -0.39 is 11.7 Å². The first-order valence-electron chi connectivity index (χ1n) is 5.83. The molecule has 0 saturated heterocycles. The van der Waals surface area contributed by atoms with Crippen LogP contribution in [0.3, 0.4) is 0 Å². The third kappa shape index (κ3) is 4.80. The predicted octanol–water partition coefficient (Wildman–Crippen LogP) is 2.36. The van der Waals surface area contributed by atoms with Gasteiger partial charge in [0.25, 0.3) is 5.91 Å². The van der Waals surface area contributed by atoms with E-state index in [4.69, 9.17) is 9.47 Å². The third-order valence-electron chi connectivity index (χ3n) is 2.51. The fourth-order valence-electron chi connectivity index (χ4n) is 1.59. The summed E-state index contributed by atoms with van der Waals surface area (Å²) in [6.07, 6.45) is 0.691. The number of carbonyl (C=O) groups is 1. The fraction of sp³-hybridized carbons (Fsp3) is 0.462. The number of benzene rings is 1. The number of carbonyl (C=O) groups excluding carboxylic acids is 1. The molecule has 106 valence electrons. The van der Waals surface area contributed by atoms with Crippen molar-refractivity contribution in [3.63, 3.8) is 0 Å². The van der Waals surface area contributed by atoms with Crippen LogP contribution >= 0.6 is 15.9 Å². The lowest BCUT2D eigenvalue weighted by Gasteiger charge is -2.12. The van der Waals surface area contributed by atoms with Gasteiger partial charge in [-0.15, -0.1) is 0 Å². The predicted molar refractivity (Wildman–Crippen MR) is 74.5 cm³/mol. The molecule has 1 N–H and O–H groups in total. The quantitative estimate of drug-likeness (QED) is 0.779. The van der Waals surface area contributed by atoms with Crippen molar-refractivity contribution in [3.8, 4) is 5.75 Å². The van der Waals surface area contributed by atoms with Gasteiger partial charge in [-0.1, -0.05) is 22.0 Å². The molecule has 0 aliphatic carbocycles. The summed E-state index contributed by atoms with van der Waals surface area (Å²) in [4.78, 5) is 12.1. The number of ether oxygens (including phenoxy) is 2. The molecule has 0 spiro atoms. The van der Waals surface area contributed by atoms with Crippen LogP contribution in [-0.4, -0.2) is 38.1 Å². The van der Waals surface area contributed by atoms with E-state index in [0.29, 0.717) is 19.6 Å². The van der Waals surface area contributed by atoms with Crippen molar-refractivity contribution in [1.29, 1.82) is 0 Å². The zero-order valence-electron chi connectivity index (χ0n) is 10.9. The molecule has 1 aromatic rings. The lowest BCUT2D eigenvalue weighted by atomic mass is 10.1. The van der Waals surface area contributed by atoms with Crippen molar-refractivity contribution in [2.45, 2.75) is 11.2 Å². The maximum atomic E-state index is 13.6. The van der Waals surface area contributed by atoms with E-state index in [1.165, 1.54) is 19.2 Å². The molecule has 1 rings (SSSR count). The molecule has 1 atom stereocenters. The first kappa shape index (κ1) is 15.9. The van der Waals surface area contributed by atoms with Gasteiger partial charge in [0.2, 0.25) is 0 Å². The number of halogens is 2. The standard InChI is InChI=1S/C13H17BrFNO3/c1-18-8-9(14)6-7-16-13(17)12-10(15)4-3-5-11(12)19-2/h3-5,9H,6-8H2,1-2H3,(H,16,17). The lowest BCUT2D eigenvalue weighted by Crippen LogP contribution is -2.28. The summed E-state index contributed by atoms with van der Waals surface area (Å²) in [5, 5.41) is 2.66. The second-order valence-electron chi connectivity index (χ2n) is 3.91. The maximum Gasteiger partial charge on any atom is 0.258 e. The molecule has 1 unspecified atom stereocenters. The average molecular weight is 334 g/mol. The summed E-state index contributed by atoms with van der Waals surface area (Å²) in [5.74, 6) is -0.846. The highest BCUT2D eigenvalue weighted by molar-refractivity contribution is 9.09. The van der Waals surface area contributed by atoms with Crippen molar-refractivity contribution in [2.75, 3.05) is 27.4 Å². The van der Waals surface area contributed by atoms with Crippen LogP contribution in [0.5, 0.6) is 5.75 Å². The Morgan fingerprint density at radius 1 is 1.47 bits per heavy atom. The lowest BCUT2D eigenvalue weighted by molar-refractivity contribution is 0.0944. The molecular weight excluding hydrogens is 317 g/mol. The molecular formula is C13H17BrFNO3. The van der Waals surface area contributed by atoms with E-state index in [0.717, 1.165) is 0 Å². The molecule has 0 aliphatic heterocycles. The first-order chi connectivity index (χ1) is 9.10. The summed E-state index contributed by atoms with van der Waals surface area (Å²) < 4.78 is 23.6. The number of nitrogens with one attached hydrogen (secondary N) is 1. The number of hydrogen-bond donors (Lipinski definition) is 1. The highest BCUT2D eigenvalue weighted by atomic mass is 79.9. The van der Waals surface area contributed by atoms with Gasteiger partial charge in [0.15, 0.2) is 0 Å². The second kappa shape index (κ2) is 8.12. The van der Waals surface area contributed by atoms with Crippen LogP contribution in [0.15, 0.2) is 18.2 Å². The largest absolute Gasteiger partial charge is 0.496 e. The van der Waals surface area contributed by atoms with E-state index in [-0.39, 0.29) is 16.1 Å². The van der Waals surface area contributed by atoms with E-state index in [1.807, 2.05) is 0 Å². The Hall–Kier alpha value is -1.14. The monoisotopic (exact) mass is 333 g/mol. The van der Waals surface area contributed by atoms with Gasteiger partial charge in [-0.3, -0.25) is 4.79 Å². The molecule has 0 heterocycles. The number of hydrogen-bond acceptors (Lipinski definition) is 3. The smallest absolute Gasteiger partial charge is 0.258 e. The van der Waals surface area contributed by atoms with Gasteiger partial charge in [0, 0.05) is 18.5 Å². The number of rotatable bonds is 7. The molecule has 0 fully saturated rings. The third-order valence-corrected chi connectivity index (χ3v) is 3.24. The van der Waals surface area contributed by atoms with Crippen molar-refractivity contribution in [3.05, 3.63) is 29.6 Å². The zero-order valence-corrected chi connectivity index (χ0v) is 12.5. The van der Waals surface area contributed by atoms with Crippen LogP contribution in [-0.2, 0) is 4.74 Å². The molecule has 1 aromatic carbocycles. The number of methoxy groups -OCH3 is 2. The highest BCUT2D eigenvalue weighted by Gasteiger charge is 2.17. The molecule has 6 heteroatoms. The van der Waals surface area contributed by atoms with E-state index in [1.54, 1.807) is 13.2 Å². The molecule has 0 bridgehead atoms. The highest BCUT2D eigenvalue weighted by Crippen LogP contribution is 2.20. The minimum Gasteiger partial charge on any atom is -0.496 e. The normalized spacial score (nSPS) is 12.0. The summed E-state index contributed by atoms with van der Waals surface area (Å²) in [6, 6.07) is 4.28. The molecule has 0 aliphatic rings. The van der Waals surface area contributed by atoms with Gasteiger partial charge in [-0.2, -0.15) is 0 Å². The molecule has 0 saturated carbocycles. The Kier molecular flexibility index (Phi) is 6.80. The van der Waals surface area contributed by atoms with Crippen LogP contribution in [0.4, 0.5) is 4.39 Å². The van der Waals surface area contributed by atoms with Gasteiger partial charge >= 0.3 is 0 Å². The van der Waals surface area contributed by atoms with E-state index in [9.17, 15) is 9.18 Å². The first-order valence-corrected chi connectivity index (χ1v) is 6.75. The van der Waals surface area contributed by atoms with Crippen LogP contribution in [0.1, 0.15) is 16.8 Å². The van der Waals surface area contributed by atoms with Gasteiger partial charge < -0.3 is 14.8 Å². The van der Waals surface area contributed by atoms with Crippen LogP contribution in [0.2, 0.25) is 0 Å². The summed E-state index contributed by atoms with van der Waals surface area (Å²) in [6.45, 7) is 0.981. The molecule has 0 radical (unpaired) electrons. The zero-order chi connectivity index (χ0) is 14.3. The Labute approximate surface area is 120 Å². The molecule has 4 nitrogen and oxygen atoms in total. The summed E-state index contributed by atoms with van der Waals surface area (Å²) in [5.41, 5.74) is -0.0668. The summed E-state index contributed by atoms with van der Waals surface area (Å²) in [7, 11) is 3.01. The van der Waals surface area contributed by atoms with Gasteiger partial charge in [0.1, 0.15) is 17.1 Å². The molecule has 0 aromatic heterocycles. The van der Waals surface area contributed by atoms with E-state index >= 15 is 0 Å². The van der Waals surface area contributed by atoms with Crippen LogP contribution in [0.25, 0.3) is 0 Å². The summed E-state index contributed by atoms with van der Waals surface area (Å²) >= 11 is 3.41. The Balaban J connectivity index is 2.59. The molecule has 19 heavy (non-hydrogen) atoms. The minimum absolute atomic E-state index is 0.0668. The van der Waals surface area contributed by atoms with Gasteiger partial charge in [-0.05, 0) is 18.6 Å². The average Bonchev–Trinajstić information content (AvgIpc) is 2.38. The van der Waals surface area contributed by atoms with Crippen molar-refractivity contribution < 1.29 is 18.7 Å². The number of amides is 1. The SMILES string of the molecule is COCC(Br)CCNC(=O)c1c(F)cccc1OC. The second-order valence-corrected chi connectivity index (χ2v) is 5.21. The van der Waals surface area contributed by atoms with Crippen molar-refractivity contribution in [1.82, 2.24) is 5.32 Å². The Morgan fingerprint density at radius 2 is 2.21 bits per heavy atom. The van der Waals surface area contributed by atoms with Crippen molar-refractivity contribution in [2.24, 2.45) is 0 Å². The van der Waals surface area contributed by atoms with Crippen LogP contribution < -0.4 is 10.1 Å². The van der Waals surface area contributed by atoms with Crippen LogP contribution in [0, 0.1) is 5.82 Å². The van der Waals surface area contributed by atoms with E-state index in [2.05, 4.69) is 21.2 Å². The topological polar surface area (TPSA) is 47.6 Å². The fourth-order valence-corrected chi connectivity index (χ4v) is 2.08. The molecule has 1 amide bonds.